The van der Waals surface area contributed by atoms with E-state index in [9.17, 15) is 9.59 Å². The summed E-state index contributed by atoms with van der Waals surface area (Å²) in [4.78, 5) is 23.0. The molecule has 0 N–H and O–H groups in total. The van der Waals surface area contributed by atoms with Gasteiger partial charge in [-0.3, -0.25) is 0 Å². The Morgan fingerprint density at radius 2 is 1.15 bits per heavy atom. The second-order valence-electron chi connectivity index (χ2n) is 7.55. The third-order valence-corrected chi connectivity index (χ3v) is 5.28. The van der Waals surface area contributed by atoms with Crippen molar-refractivity contribution in [1.82, 2.24) is 0 Å². The lowest BCUT2D eigenvalue weighted by atomic mass is 10.0. The van der Waals surface area contributed by atoms with Gasteiger partial charge in [0, 0.05) is 0 Å². The van der Waals surface area contributed by atoms with E-state index in [4.69, 9.17) is 0 Å². The van der Waals surface area contributed by atoms with Gasteiger partial charge in [0.15, 0.2) is 0 Å². The molecule has 0 saturated heterocycles. The molecule has 0 unspecified atom stereocenters. The van der Waals surface area contributed by atoms with Crippen molar-refractivity contribution >= 4 is 11.9 Å². The van der Waals surface area contributed by atoms with Crippen LogP contribution < -0.4 is 0 Å². The lowest BCUT2D eigenvalue weighted by Crippen LogP contribution is -1.97. The third kappa shape index (κ3) is 6.93. The molecule has 0 radical (unpaired) electrons. The van der Waals surface area contributed by atoms with Gasteiger partial charge in [0.1, 0.15) is 0 Å². The van der Waals surface area contributed by atoms with E-state index in [2.05, 4.69) is 11.7 Å². The van der Waals surface area contributed by atoms with Crippen molar-refractivity contribution in [2.45, 2.75) is 96.8 Å². The normalized spacial score (nSPS) is 13.1. The Bertz CT molecular complexity index is 577. The fourth-order valence-corrected chi connectivity index (χ4v) is 3.63. The van der Waals surface area contributed by atoms with Gasteiger partial charge >= 0.3 is 11.9 Å². The number of benzene rings is 1. The highest BCUT2D eigenvalue weighted by Crippen LogP contribution is 2.22. The number of fused-ring (bicyclic) bond motifs is 1. The molecule has 0 atom stereocenters. The van der Waals surface area contributed by atoms with Gasteiger partial charge in [-0.15, -0.1) is 0 Å². The summed E-state index contributed by atoms with van der Waals surface area (Å²) in [5.74, 6) is -1.02. The average Bonchev–Trinajstić information content (AvgIpc) is 2.93. The van der Waals surface area contributed by atoms with Gasteiger partial charge in [0.25, 0.3) is 0 Å². The standard InChI is InChI=1S/C23H34O3/c1-2-3-4-5-6-7-8-9-10-11-12-13-14-15-19-16-17-20-21(18-19)23(25)26-22(20)24/h16-18H,2-15H2,1H3. The maximum atomic E-state index is 11.6. The molecule has 1 aromatic carbocycles. The average molecular weight is 359 g/mol. The summed E-state index contributed by atoms with van der Waals surface area (Å²) in [6.45, 7) is 2.27. The SMILES string of the molecule is CCCCCCCCCCCCCCCc1ccc2c(c1)C(=O)OC2=O. The fourth-order valence-electron chi connectivity index (χ4n) is 3.63. The van der Waals surface area contributed by atoms with Crippen molar-refractivity contribution in [2.75, 3.05) is 0 Å². The zero-order valence-corrected chi connectivity index (χ0v) is 16.4. The van der Waals surface area contributed by atoms with E-state index in [1.54, 1.807) is 6.07 Å². The number of carbonyl (C=O) groups excluding carboxylic acids is 2. The van der Waals surface area contributed by atoms with Crippen molar-refractivity contribution in [3.05, 3.63) is 34.9 Å². The van der Waals surface area contributed by atoms with Gasteiger partial charge in [0.2, 0.25) is 0 Å². The second-order valence-corrected chi connectivity index (χ2v) is 7.55. The second kappa shape index (κ2) is 11.9. The quantitative estimate of drug-likeness (QED) is 0.213. The van der Waals surface area contributed by atoms with Crippen molar-refractivity contribution in [1.29, 1.82) is 0 Å². The maximum Gasteiger partial charge on any atom is 0.346 e. The van der Waals surface area contributed by atoms with Crippen LogP contribution in [0, 0.1) is 0 Å². The number of rotatable bonds is 14. The van der Waals surface area contributed by atoms with Gasteiger partial charge in [0.05, 0.1) is 11.1 Å². The molecule has 0 saturated carbocycles. The van der Waals surface area contributed by atoms with Crippen LogP contribution in [0.25, 0.3) is 0 Å². The first-order valence-electron chi connectivity index (χ1n) is 10.6. The molecule has 0 amide bonds. The number of hydrogen-bond acceptors (Lipinski definition) is 3. The third-order valence-electron chi connectivity index (χ3n) is 5.28. The number of aryl methyl sites for hydroxylation is 1. The van der Waals surface area contributed by atoms with Crippen LogP contribution in [0.5, 0.6) is 0 Å². The lowest BCUT2D eigenvalue weighted by Gasteiger charge is -2.04. The molecule has 0 spiro atoms. The number of cyclic esters (lactones) is 2. The predicted molar refractivity (Wildman–Crippen MR) is 106 cm³/mol. The van der Waals surface area contributed by atoms with Gasteiger partial charge in [-0.2, -0.15) is 0 Å². The van der Waals surface area contributed by atoms with Crippen LogP contribution in [0.15, 0.2) is 18.2 Å². The smallest absolute Gasteiger partial charge is 0.346 e. The molecule has 2 rings (SSSR count). The molecule has 3 nitrogen and oxygen atoms in total. The van der Waals surface area contributed by atoms with Gasteiger partial charge in [-0.1, -0.05) is 90.0 Å². The van der Waals surface area contributed by atoms with Gasteiger partial charge in [-0.05, 0) is 30.5 Å². The Labute approximate surface area is 158 Å². The first kappa shape index (κ1) is 20.7. The van der Waals surface area contributed by atoms with Gasteiger partial charge < -0.3 is 4.74 Å². The highest BCUT2D eigenvalue weighted by atomic mass is 16.6. The van der Waals surface area contributed by atoms with Crippen LogP contribution in [0.1, 0.15) is 117 Å². The number of unbranched alkanes of at least 4 members (excludes halogenated alkanes) is 12. The largest absolute Gasteiger partial charge is 0.386 e. The van der Waals surface area contributed by atoms with Crippen LogP contribution in [0.4, 0.5) is 0 Å². The topological polar surface area (TPSA) is 43.4 Å². The van der Waals surface area contributed by atoms with E-state index in [0.29, 0.717) is 11.1 Å². The Hall–Kier alpha value is -1.64. The Morgan fingerprint density at radius 1 is 0.654 bits per heavy atom. The van der Waals surface area contributed by atoms with Crippen molar-refractivity contribution in [3.8, 4) is 0 Å². The first-order chi connectivity index (χ1) is 12.7. The minimum Gasteiger partial charge on any atom is -0.386 e. The van der Waals surface area contributed by atoms with E-state index in [1.807, 2.05) is 12.1 Å². The Morgan fingerprint density at radius 3 is 1.73 bits per heavy atom. The zero-order chi connectivity index (χ0) is 18.6. The molecule has 0 fully saturated rings. The van der Waals surface area contributed by atoms with E-state index >= 15 is 0 Å². The van der Waals surface area contributed by atoms with Crippen molar-refractivity contribution in [3.63, 3.8) is 0 Å². The number of hydrogen-bond donors (Lipinski definition) is 0. The summed E-state index contributed by atoms with van der Waals surface area (Å²) in [6, 6.07) is 5.49. The zero-order valence-electron chi connectivity index (χ0n) is 16.4. The van der Waals surface area contributed by atoms with E-state index < -0.39 is 11.9 Å². The molecular formula is C23H34O3. The lowest BCUT2D eigenvalue weighted by molar-refractivity contribution is 0.0443. The molecule has 1 heterocycles. The van der Waals surface area contributed by atoms with Crippen LogP contribution in [-0.2, 0) is 11.2 Å². The molecule has 0 aliphatic carbocycles. The first-order valence-corrected chi connectivity index (χ1v) is 10.6. The van der Waals surface area contributed by atoms with E-state index in [-0.39, 0.29) is 0 Å². The molecule has 0 aromatic heterocycles. The highest BCUT2D eigenvalue weighted by molar-refractivity contribution is 6.14. The van der Waals surface area contributed by atoms with Crippen LogP contribution >= 0.6 is 0 Å². The highest BCUT2D eigenvalue weighted by Gasteiger charge is 2.29. The van der Waals surface area contributed by atoms with Gasteiger partial charge in [-0.25, -0.2) is 9.59 Å². The van der Waals surface area contributed by atoms with Crippen LogP contribution in [-0.4, -0.2) is 11.9 Å². The summed E-state index contributed by atoms with van der Waals surface area (Å²) < 4.78 is 4.63. The van der Waals surface area contributed by atoms with Crippen molar-refractivity contribution in [2.24, 2.45) is 0 Å². The summed E-state index contributed by atoms with van der Waals surface area (Å²) in [6.07, 6.45) is 18.5. The van der Waals surface area contributed by atoms with Crippen molar-refractivity contribution < 1.29 is 14.3 Å². The molecule has 0 bridgehead atoms. The number of carbonyl (C=O) groups is 2. The monoisotopic (exact) mass is 358 g/mol. The molecule has 26 heavy (non-hydrogen) atoms. The number of esters is 2. The Kier molecular flexibility index (Phi) is 9.44. The van der Waals surface area contributed by atoms with Crippen LogP contribution in [0.2, 0.25) is 0 Å². The summed E-state index contributed by atoms with van der Waals surface area (Å²) in [5.41, 5.74) is 1.96. The molecule has 1 aliphatic heterocycles. The molecule has 3 heteroatoms. The Balaban J connectivity index is 1.46. The maximum absolute atomic E-state index is 11.6. The van der Waals surface area contributed by atoms with Crippen LogP contribution in [0.3, 0.4) is 0 Å². The molecule has 1 aromatic rings. The fraction of sp³-hybridized carbons (Fsp3) is 0.652. The minimum atomic E-state index is -0.516. The van der Waals surface area contributed by atoms with E-state index in [1.165, 1.54) is 77.0 Å². The van der Waals surface area contributed by atoms with E-state index in [0.717, 1.165) is 18.4 Å². The number of ether oxygens (including phenoxy) is 1. The summed E-state index contributed by atoms with van der Waals surface area (Å²) in [5, 5.41) is 0. The summed E-state index contributed by atoms with van der Waals surface area (Å²) in [7, 11) is 0. The molecule has 1 aliphatic rings. The minimum absolute atomic E-state index is 0.407. The molecule has 144 valence electrons. The molecular weight excluding hydrogens is 324 g/mol. The summed E-state index contributed by atoms with van der Waals surface area (Å²) >= 11 is 0. The predicted octanol–water partition coefficient (Wildman–Crippen LogP) is 6.63.